The summed E-state index contributed by atoms with van der Waals surface area (Å²) in [4.78, 5) is 4.69. The number of nitrogens with two attached hydrogens (primary N) is 1. The molecule has 2 rings (SSSR count). The van der Waals surface area contributed by atoms with Crippen LogP contribution in [0.15, 0.2) is 5.38 Å². The number of ether oxygens (including phenoxy) is 1. The van der Waals surface area contributed by atoms with Crippen LogP contribution in [0.4, 0.5) is 0 Å². The van der Waals surface area contributed by atoms with Gasteiger partial charge in [0.1, 0.15) is 10.6 Å². The highest BCUT2D eigenvalue weighted by molar-refractivity contribution is 7.09. The zero-order valence-corrected chi connectivity index (χ0v) is 10.7. The Hall–Kier alpha value is -0.450. The lowest BCUT2D eigenvalue weighted by Crippen LogP contribution is -2.26. The summed E-state index contributed by atoms with van der Waals surface area (Å²) in [7, 11) is 0. The minimum absolute atomic E-state index is 0.0771. The van der Waals surface area contributed by atoms with Crippen LogP contribution < -0.4 is 5.73 Å². The van der Waals surface area contributed by atoms with Crippen LogP contribution >= 0.6 is 11.3 Å². The maximum absolute atomic E-state index is 5.98. The second kappa shape index (κ2) is 5.25. The molecule has 1 aromatic rings. The first-order valence-electron chi connectivity index (χ1n) is 6.09. The first-order valence-corrected chi connectivity index (χ1v) is 6.97. The third-order valence-corrected chi connectivity index (χ3v) is 4.25. The molecule has 0 aromatic carbocycles. The molecule has 3 nitrogen and oxygen atoms in total. The summed E-state index contributed by atoms with van der Waals surface area (Å²) in [6, 6.07) is 0. The van der Waals surface area contributed by atoms with E-state index in [-0.39, 0.29) is 5.60 Å². The first-order chi connectivity index (χ1) is 7.80. The molecule has 0 atom stereocenters. The topological polar surface area (TPSA) is 48.1 Å². The molecule has 0 unspecified atom stereocenters. The Kier molecular flexibility index (Phi) is 3.95. The number of nitrogens with zero attached hydrogens (tertiary/aromatic N) is 1. The first kappa shape index (κ1) is 12.0. The smallest absolute Gasteiger partial charge is 0.125 e. The van der Waals surface area contributed by atoms with Gasteiger partial charge in [0.15, 0.2) is 0 Å². The van der Waals surface area contributed by atoms with Gasteiger partial charge in [-0.05, 0) is 26.3 Å². The van der Waals surface area contributed by atoms with Crippen LogP contribution in [0.2, 0.25) is 0 Å². The molecular formula is C12H20N2OS. The van der Waals surface area contributed by atoms with E-state index in [1.807, 2.05) is 0 Å². The normalized spacial score (nSPS) is 19.1. The van der Waals surface area contributed by atoms with Crippen molar-refractivity contribution in [2.24, 2.45) is 5.73 Å². The van der Waals surface area contributed by atoms with Gasteiger partial charge in [0.25, 0.3) is 0 Å². The van der Waals surface area contributed by atoms with E-state index in [0.29, 0.717) is 6.54 Å². The fraction of sp³-hybridized carbons (Fsp3) is 0.750. The van der Waals surface area contributed by atoms with E-state index < -0.39 is 0 Å². The van der Waals surface area contributed by atoms with Gasteiger partial charge < -0.3 is 10.5 Å². The van der Waals surface area contributed by atoms with Crippen LogP contribution in [-0.4, -0.2) is 18.1 Å². The lowest BCUT2D eigenvalue weighted by molar-refractivity contribution is -0.0392. The highest BCUT2D eigenvalue weighted by atomic mass is 32.1. The third-order valence-electron chi connectivity index (χ3n) is 3.17. The van der Waals surface area contributed by atoms with Crippen LogP contribution in [0.3, 0.4) is 0 Å². The number of thiazole rings is 1. The molecular weight excluding hydrogens is 220 g/mol. The highest BCUT2D eigenvalue weighted by Gasteiger charge is 2.38. The summed E-state index contributed by atoms with van der Waals surface area (Å²) in [5.74, 6) is 0. The summed E-state index contributed by atoms with van der Waals surface area (Å²) >= 11 is 1.73. The molecule has 16 heavy (non-hydrogen) atoms. The van der Waals surface area contributed by atoms with Crippen molar-refractivity contribution in [1.29, 1.82) is 0 Å². The fourth-order valence-corrected chi connectivity index (χ4v) is 3.49. The molecule has 90 valence electrons. The third kappa shape index (κ3) is 2.29. The zero-order valence-electron chi connectivity index (χ0n) is 9.87. The molecule has 1 aromatic heterocycles. The molecule has 1 fully saturated rings. The molecule has 0 spiro atoms. The highest BCUT2D eigenvalue weighted by Crippen LogP contribution is 2.43. The molecule has 0 bridgehead atoms. The van der Waals surface area contributed by atoms with Gasteiger partial charge in [-0.3, -0.25) is 0 Å². The largest absolute Gasteiger partial charge is 0.368 e. The van der Waals surface area contributed by atoms with E-state index in [2.05, 4.69) is 17.3 Å². The number of rotatable bonds is 5. The average Bonchev–Trinajstić information content (AvgIpc) is 2.88. The summed E-state index contributed by atoms with van der Waals surface area (Å²) in [5.41, 5.74) is 6.59. The predicted molar refractivity (Wildman–Crippen MR) is 66.6 cm³/mol. The molecule has 1 aliphatic carbocycles. The van der Waals surface area contributed by atoms with Gasteiger partial charge in [-0.25, -0.2) is 4.98 Å². The minimum atomic E-state index is -0.0771. The second-order valence-corrected chi connectivity index (χ2v) is 5.18. The molecule has 1 heterocycles. The molecule has 2 N–H and O–H groups in total. The van der Waals surface area contributed by atoms with Gasteiger partial charge in [-0.1, -0.05) is 12.8 Å². The summed E-state index contributed by atoms with van der Waals surface area (Å²) in [6.45, 7) is 3.51. The van der Waals surface area contributed by atoms with Gasteiger partial charge in [0.05, 0.1) is 5.69 Å². The Labute approximate surface area is 101 Å². The van der Waals surface area contributed by atoms with Crippen molar-refractivity contribution in [3.8, 4) is 0 Å². The van der Waals surface area contributed by atoms with Gasteiger partial charge in [-0.2, -0.15) is 0 Å². The monoisotopic (exact) mass is 240 g/mol. The Balaban J connectivity index is 2.18. The lowest BCUT2D eigenvalue weighted by Gasteiger charge is -2.26. The number of aromatic nitrogens is 1. The molecule has 1 aliphatic rings. The molecule has 4 heteroatoms. The lowest BCUT2D eigenvalue weighted by atomic mass is 10.0. The van der Waals surface area contributed by atoms with Crippen molar-refractivity contribution >= 4 is 11.3 Å². The molecule has 1 saturated carbocycles. The van der Waals surface area contributed by atoms with Crippen molar-refractivity contribution in [3.63, 3.8) is 0 Å². The van der Waals surface area contributed by atoms with Crippen molar-refractivity contribution in [2.45, 2.75) is 44.6 Å². The van der Waals surface area contributed by atoms with Crippen LogP contribution in [0.5, 0.6) is 0 Å². The maximum Gasteiger partial charge on any atom is 0.125 e. The van der Waals surface area contributed by atoms with E-state index in [0.717, 1.165) is 36.6 Å². The van der Waals surface area contributed by atoms with E-state index in [1.54, 1.807) is 11.3 Å². The molecule has 0 radical (unpaired) electrons. The van der Waals surface area contributed by atoms with Crippen LogP contribution in [0.25, 0.3) is 0 Å². The Bertz CT molecular complexity index is 332. The predicted octanol–water partition coefficient (Wildman–Crippen LogP) is 2.45. The van der Waals surface area contributed by atoms with E-state index in [9.17, 15) is 0 Å². The van der Waals surface area contributed by atoms with Crippen molar-refractivity contribution in [2.75, 3.05) is 13.2 Å². The molecule has 0 saturated heterocycles. The number of hydrogen-bond acceptors (Lipinski definition) is 4. The van der Waals surface area contributed by atoms with Gasteiger partial charge in [0.2, 0.25) is 0 Å². The van der Waals surface area contributed by atoms with Gasteiger partial charge in [0, 0.05) is 18.4 Å². The zero-order chi connectivity index (χ0) is 11.4. The van der Waals surface area contributed by atoms with Crippen molar-refractivity contribution in [1.82, 2.24) is 4.98 Å². The van der Waals surface area contributed by atoms with Crippen LogP contribution in [-0.2, 0) is 16.8 Å². The fourth-order valence-electron chi connectivity index (χ4n) is 2.42. The minimum Gasteiger partial charge on any atom is -0.368 e. The van der Waals surface area contributed by atoms with Crippen molar-refractivity contribution < 1.29 is 4.74 Å². The van der Waals surface area contributed by atoms with Crippen molar-refractivity contribution in [3.05, 3.63) is 16.1 Å². The van der Waals surface area contributed by atoms with Crippen LogP contribution in [0, 0.1) is 0 Å². The summed E-state index contributed by atoms with van der Waals surface area (Å²) in [5, 5.41) is 3.29. The Morgan fingerprint density at radius 2 is 2.25 bits per heavy atom. The maximum atomic E-state index is 5.98. The molecule has 0 amide bonds. The Morgan fingerprint density at radius 3 is 2.88 bits per heavy atom. The van der Waals surface area contributed by atoms with E-state index >= 15 is 0 Å². The van der Waals surface area contributed by atoms with E-state index in [1.165, 1.54) is 12.8 Å². The number of hydrogen-bond donors (Lipinski definition) is 1. The molecule has 0 aliphatic heterocycles. The summed E-state index contributed by atoms with van der Waals surface area (Å²) < 4.78 is 5.98. The Morgan fingerprint density at radius 1 is 1.50 bits per heavy atom. The van der Waals surface area contributed by atoms with Gasteiger partial charge >= 0.3 is 0 Å². The quantitative estimate of drug-likeness (QED) is 0.860. The van der Waals surface area contributed by atoms with Gasteiger partial charge in [-0.15, -0.1) is 11.3 Å². The average molecular weight is 240 g/mol. The standard InChI is InChI=1S/C12H20N2OS/c1-2-15-12(6-3-4-7-12)11-14-10(5-8-13)9-16-11/h9H,2-8,13H2,1H3. The van der Waals surface area contributed by atoms with E-state index in [4.69, 9.17) is 10.5 Å². The SMILES string of the molecule is CCOC1(c2nc(CCN)cs2)CCCC1. The summed E-state index contributed by atoms with van der Waals surface area (Å²) in [6.07, 6.45) is 5.63. The van der Waals surface area contributed by atoms with Crippen LogP contribution in [0.1, 0.15) is 43.3 Å². The second-order valence-electron chi connectivity index (χ2n) is 4.32.